The predicted octanol–water partition coefficient (Wildman–Crippen LogP) is 3.18. The fourth-order valence-electron chi connectivity index (χ4n) is 3.63. The summed E-state index contributed by atoms with van der Waals surface area (Å²) >= 11 is 5.82. The molecule has 1 aromatic carbocycles. The highest BCUT2D eigenvalue weighted by Crippen LogP contribution is 2.27. The fraction of sp³-hybridized carbons (Fsp3) is 0.556. The van der Waals surface area contributed by atoms with Crippen LogP contribution in [0.25, 0.3) is 0 Å². The van der Waals surface area contributed by atoms with Gasteiger partial charge in [-0.3, -0.25) is 9.59 Å². The summed E-state index contributed by atoms with van der Waals surface area (Å²) in [6.45, 7) is 3.83. The topological polar surface area (TPSA) is 49.4 Å². The number of carbonyl (C=O) groups is 2. The minimum absolute atomic E-state index is 0. The maximum absolute atomic E-state index is 12.4. The van der Waals surface area contributed by atoms with Crippen LogP contribution in [0.4, 0.5) is 0 Å². The van der Waals surface area contributed by atoms with Gasteiger partial charge in [-0.15, -0.1) is 12.4 Å². The van der Waals surface area contributed by atoms with Crippen molar-refractivity contribution in [1.82, 2.24) is 10.2 Å². The van der Waals surface area contributed by atoms with Crippen molar-refractivity contribution in [3.63, 3.8) is 0 Å². The molecular weight excluding hydrogens is 347 g/mol. The Morgan fingerprint density at radius 2 is 1.62 bits per heavy atom. The number of likely N-dealkylation sites (tertiary alicyclic amines) is 1. The monoisotopic (exact) mass is 370 g/mol. The molecule has 2 aliphatic rings. The van der Waals surface area contributed by atoms with Crippen LogP contribution in [0.1, 0.15) is 36.0 Å². The molecule has 2 fully saturated rings. The second-order valence-electron chi connectivity index (χ2n) is 6.57. The van der Waals surface area contributed by atoms with E-state index in [0.717, 1.165) is 39.0 Å². The zero-order valence-electron chi connectivity index (χ0n) is 13.7. The smallest absolute Gasteiger partial charge is 0.223 e. The summed E-state index contributed by atoms with van der Waals surface area (Å²) < 4.78 is 0. The molecule has 6 heteroatoms. The van der Waals surface area contributed by atoms with Gasteiger partial charge in [-0.2, -0.15) is 0 Å². The molecular formula is C18H24Cl2N2O2. The molecule has 0 aliphatic carbocycles. The van der Waals surface area contributed by atoms with E-state index in [1.54, 1.807) is 24.3 Å². The van der Waals surface area contributed by atoms with Crippen molar-refractivity contribution in [2.45, 2.75) is 25.7 Å². The lowest BCUT2D eigenvalue weighted by Crippen LogP contribution is -2.32. The van der Waals surface area contributed by atoms with E-state index >= 15 is 0 Å². The molecule has 2 heterocycles. The standard InChI is InChI=1S/C18H23ClN2O2.ClH/c19-16-3-1-13(2-4-16)17(22)5-6-18(23)21-9-7-14-11-20-12-15(14)8-10-21;/h1-4,14-15,20H,5-12H2;1H/t14-,15+;. The number of nitrogens with zero attached hydrogens (tertiary/aromatic N) is 1. The molecule has 0 unspecified atom stereocenters. The summed E-state index contributed by atoms with van der Waals surface area (Å²) in [4.78, 5) is 26.5. The number of rotatable bonds is 4. The van der Waals surface area contributed by atoms with Gasteiger partial charge in [-0.25, -0.2) is 0 Å². The van der Waals surface area contributed by atoms with Crippen molar-refractivity contribution < 1.29 is 9.59 Å². The Hall–Kier alpha value is -1.10. The maximum atomic E-state index is 12.4. The van der Waals surface area contributed by atoms with Gasteiger partial charge in [0.15, 0.2) is 5.78 Å². The molecule has 0 radical (unpaired) electrons. The van der Waals surface area contributed by atoms with E-state index in [1.807, 2.05) is 4.90 Å². The third-order valence-electron chi connectivity index (χ3n) is 5.10. The molecule has 2 saturated heterocycles. The lowest BCUT2D eigenvalue weighted by atomic mass is 9.92. The van der Waals surface area contributed by atoms with E-state index in [1.165, 1.54) is 0 Å². The normalized spacial score (nSPS) is 23.1. The number of amides is 1. The zero-order valence-corrected chi connectivity index (χ0v) is 15.2. The van der Waals surface area contributed by atoms with E-state index in [9.17, 15) is 9.59 Å². The van der Waals surface area contributed by atoms with E-state index < -0.39 is 0 Å². The van der Waals surface area contributed by atoms with E-state index in [-0.39, 0.29) is 30.5 Å². The average molecular weight is 371 g/mol. The zero-order chi connectivity index (χ0) is 16.2. The molecule has 0 saturated carbocycles. The quantitative estimate of drug-likeness (QED) is 0.827. The Bertz CT molecular complexity index is 563. The number of carbonyl (C=O) groups excluding carboxylic acids is 2. The van der Waals surface area contributed by atoms with Crippen molar-refractivity contribution >= 4 is 35.7 Å². The van der Waals surface area contributed by atoms with E-state index in [4.69, 9.17) is 11.6 Å². The Balaban J connectivity index is 0.00000208. The molecule has 0 bridgehead atoms. The van der Waals surface area contributed by atoms with Crippen molar-refractivity contribution in [1.29, 1.82) is 0 Å². The van der Waals surface area contributed by atoms with E-state index in [0.29, 0.717) is 28.8 Å². The van der Waals surface area contributed by atoms with Crippen LogP contribution in [0.3, 0.4) is 0 Å². The molecule has 1 amide bonds. The van der Waals surface area contributed by atoms with Gasteiger partial charge in [-0.05, 0) is 62.0 Å². The van der Waals surface area contributed by atoms with Crippen molar-refractivity contribution in [2.75, 3.05) is 26.2 Å². The van der Waals surface area contributed by atoms with Crippen LogP contribution in [0.15, 0.2) is 24.3 Å². The Labute approximate surface area is 154 Å². The average Bonchev–Trinajstić information content (AvgIpc) is 2.91. The Morgan fingerprint density at radius 3 is 2.21 bits per heavy atom. The minimum atomic E-state index is 0. The number of benzene rings is 1. The molecule has 2 aliphatic heterocycles. The SMILES string of the molecule is Cl.O=C(CCC(=O)N1CC[C@@H]2CNC[C@@H]2CC1)c1ccc(Cl)cc1. The Morgan fingerprint density at radius 1 is 1.04 bits per heavy atom. The van der Waals surface area contributed by atoms with Crippen molar-refractivity contribution in [3.8, 4) is 0 Å². The minimum Gasteiger partial charge on any atom is -0.343 e. The molecule has 1 N–H and O–H groups in total. The fourth-order valence-corrected chi connectivity index (χ4v) is 3.75. The molecule has 1 aromatic rings. The van der Waals surface area contributed by atoms with Crippen LogP contribution in [-0.2, 0) is 4.79 Å². The number of hydrogen-bond donors (Lipinski definition) is 1. The summed E-state index contributed by atoms with van der Waals surface area (Å²) in [5, 5.41) is 4.05. The molecule has 3 rings (SSSR count). The largest absolute Gasteiger partial charge is 0.343 e. The van der Waals surface area contributed by atoms with Gasteiger partial charge in [0, 0.05) is 36.5 Å². The number of fused-ring (bicyclic) bond motifs is 1. The van der Waals surface area contributed by atoms with Crippen molar-refractivity contribution in [3.05, 3.63) is 34.9 Å². The van der Waals surface area contributed by atoms with Gasteiger partial charge in [0.1, 0.15) is 0 Å². The summed E-state index contributed by atoms with van der Waals surface area (Å²) in [5.41, 5.74) is 0.624. The summed E-state index contributed by atoms with van der Waals surface area (Å²) in [6, 6.07) is 6.85. The third-order valence-corrected chi connectivity index (χ3v) is 5.36. The van der Waals surface area contributed by atoms with Gasteiger partial charge in [0.25, 0.3) is 0 Å². The first-order valence-electron chi connectivity index (χ1n) is 8.41. The van der Waals surface area contributed by atoms with Gasteiger partial charge < -0.3 is 10.2 Å². The second-order valence-corrected chi connectivity index (χ2v) is 7.00. The van der Waals surface area contributed by atoms with Crippen LogP contribution in [0, 0.1) is 11.8 Å². The van der Waals surface area contributed by atoms with Gasteiger partial charge >= 0.3 is 0 Å². The van der Waals surface area contributed by atoms with Crippen LogP contribution < -0.4 is 5.32 Å². The second kappa shape index (κ2) is 8.84. The number of ketones is 1. The lowest BCUT2D eigenvalue weighted by molar-refractivity contribution is -0.131. The van der Waals surface area contributed by atoms with Gasteiger partial charge in [-0.1, -0.05) is 11.6 Å². The van der Waals surface area contributed by atoms with Gasteiger partial charge in [0.2, 0.25) is 5.91 Å². The van der Waals surface area contributed by atoms with Crippen LogP contribution in [0.2, 0.25) is 5.02 Å². The number of hydrogen-bond acceptors (Lipinski definition) is 3. The molecule has 24 heavy (non-hydrogen) atoms. The predicted molar refractivity (Wildman–Crippen MR) is 97.9 cm³/mol. The van der Waals surface area contributed by atoms with E-state index in [2.05, 4.69) is 5.32 Å². The lowest BCUT2D eigenvalue weighted by Gasteiger charge is -2.20. The van der Waals surface area contributed by atoms with Crippen molar-refractivity contribution in [2.24, 2.45) is 11.8 Å². The van der Waals surface area contributed by atoms with Crippen LogP contribution in [-0.4, -0.2) is 42.8 Å². The third kappa shape index (κ3) is 4.71. The number of nitrogens with one attached hydrogen (secondary N) is 1. The summed E-state index contributed by atoms with van der Waals surface area (Å²) in [7, 11) is 0. The molecule has 2 atom stereocenters. The molecule has 0 spiro atoms. The summed E-state index contributed by atoms with van der Waals surface area (Å²) in [5.74, 6) is 1.54. The molecule has 0 aromatic heterocycles. The van der Waals surface area contributed by atoms with Crippen LogP contribution >= 0.6 is 24.0 Å². The highest BCUT2D eigenvalue weighted by molar-refractivity contribution is 6.30. The molecule has 132 valence electrons. The Kier molecular flexibility index (Phi) is 7.08. The molecule has 4 nitrogen and oxygen atoms in total. The van der Waals surface area contributed by atoms with Gasteiger partial charge in [0.05, 0.1) is 0 Å². The highest BCUT2D eigenvalue weighted by atomic mass is 35.5. The first-order chi connectivity index (χ1) is 11.1. The van der Waals surface area contributed by atoms with Crippen LogP contribution in [0.5, 0.6) is 0 Å². The number of halogens is 2. The highest BCUT2D eigenvalue weighted by Gasteiger charge is 2.31. The first kappa shape index (κ1) is 19.2. The first-order valence-corrected chi connectivity index (χ1v) is 8.78. The maximum Gasteiger partial charge on any atom is 0.223 e. The number of Topliss-reactive ketones (excluding diaryl/α,β-unsaturated/α-hetero) is 1. The summed E-state index contributed by atoms with van der Waals surface area (Å²) in [6.07, 6.45) is 2.73.